The van der Waals surface area contributed by atoms with Crippen LogP contribution < -0.4 is 4.72 Å². The van der Waals surface area contributed by atoms with Crippen LogP contribution in [-0.2, 0) is 24.3 Å². The van der Waals surface area contributed by atoms with Crippen molar-refractivity contribution in [2.24, 2.45) is 0 Å². The van der Waals surface area contributed by atoms with Crippen molar-refractivity contribution in [3.8, 4) is 0 Å². The Balaban J connectivity index is 2.87. The van der Waals surface area contributed by atoms with Crippen LogP contribution >= 0.6 is 38.9 Å². The molecule has 0 bridgehead atoms. The number of ether oxygens (including phenoxy) is 1. The number of halogens is 2. The molecular formula is C10H11BrClNO6S2. The molecule has 1 aromatic heterocycles. The Morgan fingerprint density at radius 2 is 2.19 bits per heavy atom. The molecule has 0 aliphatic carbocycles. The van der Waals surface area contributed by atoms with Crippen LogP contribution in [0, 0.1) is 0 Å². The van der Waals surface area contributed by atoms with Gasteiger partial charge < -0.3 is 9.84 Å². The van der Waals surface area contributed by atoms with Crippen LogP contribution in [0.3, 0.4) is 0 Å². The fourth-order valence-corrected chi connectivity index (χ4v) is 4.94. The van der Waals surface area contributed by atoms with Crippen molar-refractivity contribution in [1.29, 1.82) is 0 Å². The highest BCUT2D eigenvalue weighted by molar-refractivity contribution is 9.11. The molecule has 11 heteroatoms. The van der Waals surface area contributed by atoms with E-state index in [2.05, 4.69) is 20.7 Å². The minimum absolute atomic E-state index is 0.122. The molecule has 0 spiro atoms. The molecule has 0 aliphatic rings. The molecule has 1 rings (SSSR count). The summed E-state index contributed by atoms with van der Waals surface area (Å²) < 4.78 is 30.8. The van der Waals surface area contributed by atoms with Crippen molar-refractivity contribution in [3.63, 3.8) is 0 Å². The van der Waals surface area contributed by atoms with Gasteiger partial charge in [-0.25, -0.2) is 8.42 Å². The smallest absolute Gasteiger partial charge is 0.321 e. The number of carbonyl (C=O) groups excluding carboxylic acids is 1. The van der Waals surface area contributed by atoms with Gasteiger partial charge in [0.05, 0.1) is 15.9 Å². The first kappa shape index (κ1) is 18.4. The molecule has 0 amide bonds. The Hall–Kier alpha value is -0.680. The molecule has 1 atom stereocenters. The molecule has 2 N–H and O–H groups in total. The van der Waals surface area contributed by atoms with Gasteiger partial charge in [-0.15, -0.1) is 11.3 Å². The Morgan fingerprint density at radius 1 is 1.57 bits per heavy atom. The van der Waals surface area contributed by atoms with Gasteiger partial charge in [0.1, 0.15) is 10.3 Å². The lowest BCUT2D eigenvalue weighted by Gasteiger charge is -2.13. The maximum atomic E-state index is 12.1. The second-order valence-corrected chi connectivity index (χ2v) is 8.53. The van der Waals surface area contributed by atoms with E-state index in [1.807, 2.05) is 4.72 Å². The molecule has 0 saturated heterocycles. The maximum absolute atomic E-state index is 12.1. The van der Waals surface area contributed by atoms with Crippen LogP contribution in [0.1, 0.15) is 12.8 Å². The Kier molecular flexibility index (Phi) is 6.60. The molecule has 118 valence electrons. The van der Waals surface area contributed by atoms with E-state index >= 15 is 0 Å². The number of sulfonamides is 1. The maximum Gasteiger partial charge on any atom is 0.321 e. The summed E-state index contributed by atoms with van der Waals surface area (Å²) in [6.45, 7) is 0. The predicted molar refractivity (Wildman–Crippen MR) is 80.0 cm³/mol. The Morgan fingerprint density at radius 3 is 2.62 bits per heavy atom. The highest BCUT2D eigenvalue weighted by Crippen LogP contribution is 2.34. The van der Waals surface area contributed by atoms with Gasteiger partial charge in [-0.3, -0.25) is 9.59 Å². The van der Waals surface area contributed by atoms with E-state index in [1.165, 1.54) is 6.07 Å². The predicted octanol–water partition coefficient (Wildman–Crippen LogP) is 1.85. The molecular weight excluding hydrogens is 410 g/mol. The van der Waals surface area contributed by atoms with Crippen LogP contribution in [-0.4, -0.2) is 38.6 Å². The van der Waals surface area contributed by atoms with Crippen LogP contribution in [0.2, 0.25) is 5.02 Å². The fourth-order valence-electron chi connectivity index (χ4n) is 1.30. The van der Waals surface area contributed by atoms with Gasteiger partial charge in [0.25, 0.3) is 10.0 Å². The van der Waals surface area contributed by atoms with Gasteiger partial charge in [0.15, 0.2) is 0 Å². The lowest BCUT2D eigenvalue weighted by Crippen LogP contribution is -2.40. The molecule has 0 radical (unpaired) electrons. The SMILES string of the molecule is COC(=O)CC[C@H](NS(=O)(=O)c1cc(Cl)c(Br)s1)C(=O)O. The molecule has 0 aromatic carbocycles. The zero-order valence-corrected chi connectivity index (χ0v) is 14.6. The Bertz CT molecular complexity index is 624. The molecule has 1 aromatic rings. The summed E-state index contributed by atoms with van der Waals surface area (Å²) in [4.78, 5) is 22.1. The molecule has 1 heterocycles. The summed E-state index contributed by atoms with van der Waals surface area (Å²) in [7, 11) is -2.88. The highest BCUT2D eigenvalue weighted by Gasteiger charge is 2.27. The number of carboxylic acid groups (broad SMARTS) is 1. The number of carboxylic acids is 1. The zero-order chi connectivity index (χ0) is 16.2. The van der Waals surface area contributed by atoms with Gasteiger partial charge in [0, 0.05) is 6.42 Å². The van der Waals surface area contributed by atoms with Crippen molar-refractivity contribution in [2.75, 3.05) is 7.11 Å². The minimum atomic E-state index is -4.04. The number of hydrogen-bond acceptors (Lipinski definition) is 6. The lowest BCUT2D eigenvalue weighted by atomic mass is 10.2. The van der Waals surface area contributed by atoms with Crippen LogP contribution in [0.4, 0.5) is 0 Å². The first-order chi connectivity index (χ1) is 9.67. The summed E-state index contributed by atoms with van der Waals surface area (Å²) >= 11 is 9.68. The van der Waals surface area contributed by atoms with E-state index in [4.69, 9.17) is 16.7 Å². The molecule has 21 heavy (non-hydrogen) atoms. The average molecular weight is 421 g/mol. The lowest BCUT2D eigenvalue weighted by molar-refractivity contribution is -0.142. The second-order valence-electron chi connectivity index (χ2n) is 3.81. The van der Waals surface area contributed by atoms with Gasteiger partial charge >= 0.3 is 11.9 Å². The quantitative estimate of drug-likeness (QED) is 0.651. The van der Waals surface area contributed by atoms with Crippen LogP contribution in [0.25, 0.3) is 0 Å². The van der Waals surface area contributed by atoms with E-state index in [0.29, 0.717) is 3.79 Å². The van der Waals surface area contributed by atoms with Crippen molar-refractivity contribution >= 4 is 60.8 Å². The number of hydrogen-bond donors (Lipinski definition) is 2. The fraction of sp³-hybridized carbons (Fsp3) is 0.400. The molecule has 0 saturated carbocycles. The summed E-state index contributed by atoms with van der Waals surface area (Å²) in [5.41, 5.74) is 0. The van der Waals surface area contributed by atoms with Crippen molar-refractivity contribution in [1.82, 2.24) is 4.72 Å². The summed E-state index contributed by atoms with van der Waals surface area (Å²) in [5, 5.41) is 9.23. The molecule has 7 nitrogen and oxygen atoms in total. The van der Waals surface area contributed by atoms with Gasteiger partial charge in [-0.2, -0.15) is 4.72 Å². The van der Waals surface area contributed by atoms with Gasteiger partial charge in [-0.05, 0) is 28.4 Å². The molecule has 0 fully saturated rings. The molecule has 0 unspecified atom stereocenters. The summed E-state index contributed by atoms with van der Waals surface area (Å²) in [6.07, 6.45) is -0.438. The topological polar surface area (TPSA) is 110 Å². The number of thiophene rings is 1. The minimum Gasteiger partial charge on any atom is -0.480 e. The highest BCUT2D eigenvalue weighted by atomic mass is 79.9. The largest absolute Gasteiger partial charge is 0.480 e. The molecule has 0 aliphatic heterocycles. The monoisotopic (exact) mass is 419 g/mol. The zero-order valence-electron chi connectivity index (χ0n) is 10.6. The van der Waals surface area contributed by atoms with Gasteiger partial charge in [0.2, 0.25) is 0 Å². The average Bonchev–Trinajstić information content (AvgIpc) is 2.74. The van der Waals surface area contributed by atoms with E-state index < -0.39 is 28.0 Å². The van der Waals surface area contributed by atoms with Crippen molar-refractivity contribution < 1.29 is 27.9 Å². The standard InChI is InChI=1S/C10H11BrClNO6S2/c1-19-7(14)3-2-6(10(15)16)13-21(17,18)8-4-5(12)9(11)20-8/h4,6,13H,2-3H2,1H3,(H,15,16)/t6-/m0/s1. The van der Waals surface area contributed by atoms with E-state index in [-0.39, 0.29) is 22.1 Å². The van der Waals surface area contributed by atoms with Crippen LogP contribution in [0.15, 0.2) is 14.1 Å². The number of esters is 1. The van der Waals surface area contributed by atoms with Crippen molar-refractivity contribution in [2.45, 2.75) is 23.1 Å². The normalized spacial score (nSPS) is 12.9. The van der Waals surface area contributed by atoms with Crippen molar-refractivity contribution in [3.05, 3.63) is 14.9 Å². The summed E-state index contributed by atoms with van der Waals surface area (Å²) in [5.74, 6) is -2.01. The third-order valence-electron chi connectivity index (χ3n) is 2.35. The number of carbonyl (C=O) groups is 2. The van der Waals surface area contributed by atoms with Gasteiger partial charge in [-0.1, -0.05) is 11.6 Å². The third-order valence-corrected chi connectivity index (χ3v) is 6.77. The first-order valence-corrected chi connectivity index (χ1v) is 8.91. The number of methoxy groups -OCH3 is 1. The number of aliphatic carboxylic acids is 1. The number of nitrogens with one attached hydrogen (secondary N) is 1. The third kappa shape index (κ3) is 5.22. The Labute approximate surface area is 138 Å². The van der Waals surface area contributed by atoms with E-state index in [1.54, 1.807) is 0 Å². The summed E-state index contributed by atoms with van der Waals surface area (Å²) in [6, 6.07) is -0.230. The number of rotatable bonds is 7. The first-order valence-electron chi connectivity index (χ1n) is 5.44. The second kappa shape index (κ2) is 7.54. The van der Waals surface area contributed by atoms with Crippen LogP contribution in [0.5, 0.6) is 0 Å². The van der Waals surface area contributed by atoms with E-state index in [0.717, 1.165) is 18.4 Å². The van der Waals surface area contributed by atoms with E-state index in [9.17, 15) is 18.0 Å².